The molecule has 132 valence electrons. The highest BCUT2D eigenvalue weighted by molar-refractivity contribution is 7.98. The zero-order chi connectivity index (χ0) is 17.8. The summed E-state index contributed by atoms with van der Waals surface area (Å²) in [7, 11) is 3.33. The third-order valence-corrected chi connectivity index (χ3v) is 4.83. The monoisotopic (exact) mass is 361 g/mol. The maximum Gasteiger partial charge on any atom is 0.343 e. The molecule has 0 atom stereocenters. The van der Waals surface area contributed by atoms with Crippen molar-refractivity contribution in [1.29, 1.82) is 0 Å². The summed E-state index contributed by atoms with van der Waals surface area (Å²) in [4.78, 5) is 28.8. The average molecular weight is 361 g/mol. The average Bonchev–Trinajstić information content (AvgIpc) is 2.97. The van der Waals surface area contributed by atoms with Crippen LogP contribution in [0.2, 0.25) is 0 Å². The van der Waals surface area contributed by atoms with Gasteiger partial charge >= 0.3 is 5.69 Å². The minimum Gasteiger partial charge on any atom is -0.385 e. The number of ether oxygens (including phenoxy) is 1. The Labute approximate surface area is 147 Å². The van der Waals surface area contributed by atoms with E-state index in [-0.39, 0.29) is 11.2 Å². The zero-order valence-corrected chi connectivity index (χ0v) is 14.9. The summed E-state index contributed by atoms with van der Waals surface area (Å²) in [5.74, 6) is 1.07. The van der Waals surface area contributed by atoms with Crippen molar-refractivity contribution >= 4 is 22.7 Å². The number of benzene rings is 1. The second-order valence-electron chi connectivity index (χ2n) is 5.51. The van der Waals surface area contributed by atoms with E-state index in [2.05, 4.69) is 15.2 Å². The number of hydrogen-bond acceptors (Lipinski definition) is 6. The van der Waals surface area contributed by atoms with Gasteiger partial charge in [0.15, 0.2) is 5.16 Å². The molecule has 0 aliphatic heterocycles. The molecule has 0 aliphatic carbocycles. The fourth-order valence-corrected chi connectivity index (χ4v) is 3.46. The van der Waals surface area contributed by atoms with E-state index >= 15 is 0 Å². The molecule has 2 aromatic heterocycles. The molecule has 2 heterocycles. The smallest absolute Gasteiger partial charge is 0.343 e. The van der Waals surface area contributed by atoms with Gasteiger partial charge in [-0.2, -0.15) is 0 Å². The largest absolute Gasteiger partial charge is 0.385 e. The van der Waals surface area contributed by atoms with Gasteiger partial charge in [0.2, 0.25) is 0 Å². The lowest BCUT2D eigenvalue weighted by Crippen LogP contribution is -2.22. The Morgan fingerprint density at radius 1 is 1.28 bits per heavy atom. The quantitative estimate of drug-likeness (QED) is 0.501. The van der Waals surface area contributed by atoms with E-state index < -0.39 is 0 Å². The minimum atomic E-state index is -0.251. The molecule has 1 N–H and O–H groups in total. The maximum absolute atomic E-state index is 12.4. The van der Waals surface area contributed by atoms with Crippen LogP contribution in [0.5, 0.6) is 0 Å². The molecule has 1 aromatic carbocycles. The molecule has 0 amide bonds. The summed E-state index contributed by atoms with van der Waals surface area (Å²) in [5.41, 5.74) is 0.334. The second-order valence-corrected chi connectivity index (χ2v) is 6.45. The minimum absolute atomic E-state index is 0.0827. The van der Waals surface area contributed by atoms with Crippen molar-refractivity contribution < 1.29 is 4.74 Å². The first-order chi connectivity index (χ1) is 12.1. The predicted octanol–water partition coefficient (Wildman–Crippen LogP) is 1.15. The van der Waals surface area contributed by atoms with Crippen molar-refractivity contribution in [1.82, 2.24) is 24.3 Å². The van der Waals surface area contributed by atoms with Gasteiger partial charge in [0.05, 0.1) is 16.7 Å². The first-order valence-corrected chi connectivity index (χ1v) is 8.82. The molecule has 0 saturated carbocycles. The maximum atomic E-state index is 12.4. The van der Waals surface area contributed by atoms with E-state index in [1.807, 2.05) is 18.2 Å². The summed E-state index contributed by atoms with van der Waals surface area (Å²) >= 11 is 1.37. The van der Waals surface area contributed by atoms with Gasteiger partial charge in [0.25, 0.3) is 5.56 Å². The van der Waals surface area contributed by atoms with Crippen LogP contribution in [-0.2, 0) is 24.1 Å². The molecular formula is C16H19N5O3S. The van der Waals surface area contributed by atoms with Crippen LogP contribution in [0, 0.1) is 0 Å². The van der Waals surface area contributed by atoms with Crippen LogP contribution in [0.4, 0.5) is 0 Å². The molecule has 0 fully saturated rings. The van der Waals surface area contributed by atoms with Gasteiger partial charge in [0, 0.05) is 27.3 Å². The molecule has 0 saturated heterocycles. The first kappa shape index (κ1) is 17.4. The van der Waals surface area contributed by atoms with Gasteiger partial charge in [-0.3, -0.25) is 13.9 Å². The molecule has 25 heavy (non-hydrogen) atoms. The lowest BCUT2D eigenvalue weighted by atomic mass is 10.2. The number of nitrogens with zero attached hydrogens (tertiary/aromatic N) is 4. The number of H-pyrrole nitrogens is 1. The fraction of sp³-hybridized carbons (Fsp3) is 0.375. The number of rotatable bonds is 7. The van der Waals surface area contributed by atoms with Crippen LogP contribution in [0.25, 0.3) is 10.9 Å². The van der Waals surface area contributed by atoms with E-state index in [9.17, 15) is 9.59 Å². The number of hydrogen-bond donors (Lipinski definition) is 1. The molecule has 3 aromatic rings. The highest BCUT2D eigenvalue weighted by Crippen LogP contribution is 2.19. The Balaban J connectivity index is 1.83. The van der Waals surface area contributed by atoms with Crippen LogP contribution in [-0.4, -0.2) is 38.0 Å². The van der Waals surface area contributed by atoms with Gasteiger partial charge in [0.1, 0.15) is 5.82 Å². The first-order valence-electron chi connectivity index (χ1n) is 7.83. The molecule has 0 radical (unpaired) electrons. The Kier molecular flexibility index (Phi) is 5.34. The number of para-hydroxylation sites is 1. The second kappa shape index (κ2) is 7.66. The van der Waals surface area contributed by atoms with Crippen LogP contribution in [0.15, 0.2) is 39.0 Å². The fourth-order valence-electron chi connectivity index (χ4n) is 2.50. The summed E-state index contributed by atoms with van der Waals surface area (Å²) in [5, 5.41) is 7.68. The van der Waals surface area contributed by atoms with Gasteiger partial charge in [-0.15, -0.1) is 5.10 Å². The predicted molar refractivity (Wildman–Crippen MR) is 95.9 cm³/mol. The Hall–Kier alpha value is -2.39. The van der Waals surface area contributed by atoms with Gasteiger partial charge < -0.3 is 4.74 Å². The molecule has 3 rings (SSSR count). The van der Waals surface area contributed by atoms with Gasteiger partial charge in [-0.25, -0.2) is 14.9 Å². The SMILES string of the molecule is COCCCn1c(SCc2nc3ccccc3c(=O)n2C)n[nH]c1=O. The normalized spacial score (nSPS) is 11.3. The van der Waals surface area contributed by atoms with Crippen LogP contribution >= 0.6 is 11.8 Å². The van der Waals surface area contributed by atoms with Crippen molar-refractivity contribution in [2.75, 3.05) is 13.7 Å². The van der Waals surface area contributed by atoms with Crippen molar-refractivity contribution in [3.8, 4) is 0 Å². The van der Waals surface area contributed by atoms with E-state index in [1.54, 1.807) is 24.8 Å². The van der Waals surface area contributed by atoms with Crippen LogP contribution in [0.1, 0.15) is 12.2 Å². The van der Waals surface area contributed by atoms with Gasteiger partial charge in [-0.05, 0) is 18.6 Å². The Morgan fingerprint density at radius 2 is 2.08 bits per heavy atom. The highest BCUT2D eigenvalue weighted by Gasteiger charge is 2.12. The zero-order valence-electron chi connectivity index (χ0n) is 14.1. The third-order valence-electron chi connectivity index (χ3n) is 3.86. The molecule has 0 aliphatic rings. The number of methoxy groups -OCH3 is 1. The molecule has 0 unspecified atom stereocenters. The Morgan fingerprint density at radius 3 is 2.88 bits per heavy atom. The Bertz CT molecular complexity index is 991. The summed E-state index contributed by atoms with van der Waals surface area (Å²) in [6, 6.07) is 7.26. The lowest BCUT2D eigenvalue weighted by molar-refractivity contribution is 0.189. The topological polar surface area (TPSA) is 94.8 Å². The number of aromatic nitrogens is 5. The van der Waals surface area contributed by atoms with E-state index in [0.29, 0.717) is 40.8 Å². The van der Waals surface area contributed by atoms with E-state index in [4.69, 9.17) is 4.74 Å². The number of aromatic amines is 1. The van der Waals surface area contributed by atoms with E-state index in [0.717, 1.165) is 6.42 Å². The van der Waals surface area contributed by atoms with Crippen molar-refractivity contribution in [3.63, 3.8) is 0 Å². The number of nitrogens with one attached hydrogen (secondary N) is 1. The lowest BCUT2D eigenvalue weighted by Gasteiger charge is -2.09. The molecular weight excluding hydrogens is 342 g/mol. The summed E-state index contributed by atoms with van der Waals surface area (Å²) < 4.78 is 8.13. The van der Waals surface area contributed by atoms with E-state index in [1.165, 1.54) is 16.3 Å². The van der Waals surface area contributed by atoms with Gasteiger partial charge in [-0.1, -0.05) is 23.9 Å². The third kappa shape index (κ3) is 3.67. The van der Waals surface area contributed by atoms with Crippen molar-refractivity contribution in [2.24, 2.45) is 7.05 Å². The highest BCUT2D eigenvalue weighted by atomic mass is 32.2. The van der Waals surface area contributed by atoms with Crippen LogP contribution < -0.4 is 11.2 Å². The number of thioether (sulfide) groups is 1. The van der Waals surface area contributed by atoms with Crippen molar-refractivity contribution in [3.05, 3.63) is 50.9 Å². The molecule has 9 heteroatoms. The molecule has 8 nitrogen and oxygen atoms in total. The number of fused-ring (bicyclic) bond motifs is 1. The molecule has 0 bridgehead atoms. The summed E-state index contributed by atoms with van der Waals surface area (Å²) in [6.07, 6.45) is 0.718. The molecule has 0 spiro atoms. The van der Waals surface area contributed by atoms with Crippen molar-refractivity contribution in [2.45, 2.75) is 23.9 Å². The van der Waals surface area contributed by atoms with Crippen LogP contribution in [0.3, 0.4) is 0 Å². The summed E-state index contributed by atoms with van der Waals surface area (Å²) in [6.45, 7) is 1.10. The standard InChI is InChI=1S/C16H19N5O3S/c1-20-13(17-12-7-4-3-6-11(12)14(20)22)10-25-16-19-18-15(23)21(16)8-5-9-24-2/h3-4,6-7H,5,8-10H2,1-2H3,(H,18,23).